The van der Waals surface area contributed by atoms with Crippen LogP contribution in [-0.4, -0.2) is 29.1 Å². The number of hydrogen-bond acceptors (Lipinski definition) is 3. The molecule has 1 aromatic heterocycles. The first kappa shape index (κ1) is 14.8. The van der Waals surface area contributed by atoms with Crippen LogP contribution in [0.3, 0.4) is 0 Å². The van der Waals surface area contributed by atoms with Crippen LogP contribution in [0.2, 0.25) is 0 Å². The van der Waals surface area contributed by atoms with Gasteiger partial charge in [-0.3, -0.25) is 9.59 Å². The Morgan fingerprint density at radius 3 is 2.33 bits per heavy atom. The fourth-order valence-corrected chi connectivity index (χ4v) is 1.85. The summed E-state index contributed by atoms with van der Waals surface area (Å²) in [5.74, 6) is -0.739. The molecule has 2 aromatic rings. The molecule has 0 radical (unpaired) electrons. The lowest BCUT2D eigenvalue weighted by Crippen LogP contribution is -2.31. The van der Waals surface area contributed by atoms with Gasteiger partial charge >= 0.3 is 5.97 Å². The van der Waals surface area contributed by atoms with Crippen LogP contribution in [-0.2, 0) is 9.53 Å². The molecule has 1 aromatic carbocycles. The molecule has 21 heavy (non-hydrogen) atoms. The zero-order chi connectivity index (χ0) is 15.2. The Morgan fingerprint density at radius 2 is 1.76 bits per heavy atom. The maximum atomic E-state index is 11.9. The SMILES string of the molecule is CC(C)OC(=O)CNC(=O)c1ccc(-n2cccc2)cc1. The molecule has 1 heterocycles. The quantitative estimate of drug-likeness (QED) is 0.857. The van der Waals surface area contributed by atoms with Crippen molar-refractivity contribution in [3.8, 4) is 5.69 Å². The number of esters is 1. The maximum absolute atomic E-state index is 11.9. The van der Waals surface area contributed by atoms with Crippen LogP contribution in [0.25, 0.3) is 5.69 Å². The molecule has 0 aliphatic heterocycles. The molecule has 0 aliphatic rings. The molecule has 5 heteroatoms. The van der Waals surface area contributed by atoms with Gasteiger partial charge in [0.1, 0.15) is 6.54 Å². The van der Waals surface area contributed by atoms with Gasteiger partial charge in [-0.15, -0.1) is 0 Å². The molecule has 1 N–H and O–H groups in total. The highest BCUT2D eigenvalue weighted by atomic mass is 16.5. The van der Waals surface area contributed by atoms with E-state index < -0.39 is 5.97 Å². The summed E-state index contributed by atoms with van der Waals surface area (Å²) in [5, 5.41) is 2.54. The van der Waals surface area contributed by atoms with Crippen molar-refractivity contribution < 1.29 is 14.3 Å². The van der Waals surface area contributed by atoms with E-state index in [4.69, 9.17) is 4.74 Å². The van der Waals surface area contributed by atoms with Gasteiger partial charge in [0.15, 0.2) is 0 Å². The molecule has 0 saturated carbocycles. The Balaban J connectivity index is 1.93. The van der Waals surface area contributed by atoms with E-state index >= 15 is 0 Å². The van der Waals surface area contributed by atoms with Gasteiger partial charge in [0.05, 0.1) is 6.10 Å². The van der Waals surface area contributed by atoms with Crippen molar-refractivity contribution >= 4 is 11.9 Å². The minimum Gasteiger partial charge on any atom is -0.462 e. The monoisotopic (exact) mass is 286 g/mol. The molecule has 0 aliphatic carbocycles. The summed E-state index contributed by atoms with van der Waals surface area (Å²) >= 11 is 0. The van der Waals surface area contributed by atoms with Crippen molar-refractivity contribution in [2.75, 3.05) is 6.54 Å². The zero-order valence-electron chi connectivity index (χ0n) is 12.1. The Hall–Kier alpha value is -2.56. The van der Waals surface area contributed by atoms with E-state index in [0.717, 1.165) is 5.69 Å². The maximum Gasteiger partial charge on any atom is 0.325 e. The van der Waals surface area contributed by atoms with Gasteiger partial charge in [-0.25, -0.2) is 0 Å². The molecule has 0 fully saturated rings. The highest BCUT2D eigenvalue weighted by Crippen LogP contribution is 2.09. The van der Waals surface area contributed by atoms with Crippen LogP contribution >= 0.6 is 0 Å². The molecular formula is C16H18N2O3. The van der Waals surface area contributed by atoms with Crippen LogP contribution < -0.4 is 5.32 Å². The first-order valence-corrected chi connectivity index (χ1v) is 6.77. The number of amides is 1. The Morgan fingerprint density at radius 1 is 1.14 bits per heavy atom. The van der Waals surface area contributed by atoms with Crippen molar-refractivity contribution in [2.45, 2.75) is 20.0 Å². The van der Waals surface area contributed by atoms with Crippen molar-refractivity contribution in [1.82, 2.24) is 9.88 Å². The summed E-state index contributed by atoms with van der Waals surface area (Å²) in [6.07, 6.45) is 3.67. The van der Waals surface area contributed by atoms with Gasteiger partial charge in [-0.2, -0.15) is 0 Å². The number of benzene rings is 1. The van der Waals surface area contributed by atoms with Crippen molar-refractivity contribution in [3.05, 3.63) is 54.4 Å². The number of carbonyl (C=O) groups excluding carboxylic acids is 2. The number of hydrogen-bond donors (Lipinski definition) is 1. The van der Waals surface area contributed by atoms with Gasteiger partial charge in [0.25, 0.3) is 5.91 Å². The topological polar surface area (TPSA) is 60.3 Å². The minimum atomic E-state index is -0.442. The zero-order valence-corrected chi connectivity index (χ0v) is 12.1. The lowest BCUT2D eigenvalue weighted by molar-refractivity contribution is -0.146. The number of nitrogens with zero attached hydrogens (tertiary/aromatic N) is 1. The second-order valence-corrected chi connectivity index (χ2v) is 4.86. The highest BCUT2D eigenvalue weighted by molar-refractivity contribution is 5.96. The summed E-state index contributed by atoms with van der Waals surface area (Å²) in [6, 6.07) is 11.0. The summed E-state index contributed by atoms with van der Waals surface area (Å²) in [7, 11) is 0. The Labute approximate surface area is 123 Å². The second kappa shape index (κ2) is 6.74. The molecule has 0 unspecified atom stereocenters. The van der Waals surface area contributed by atoms with E-state index in [1.165, 1.54) is 0 Å². The van der Waals surface area contributed by atoms with Gasteiger partial charge in [-0.1, -0.05) is 0 Å². The number of ether oxygens (including phenoxy) is 1. The fraction of sp³-hybridized carbons (Fsp3) is 0.250. The summed E-state index contributed by atoms with van der Waals surface area (Å²) in [4.78, 5) is 23.3. The molecule has 5 nitrogen and oxygen atoms in total. The number of nitrogens with one attached hydrogen (secondary N) is 1. The molecule has 0 bridgehead atoms. The van der Waals surface area contributed by atoms with Crippen LogP contribution in [0.1, 0.15) is 24.2 Å². The van der Waals surface area contributed by atoms with Crippen molar-refractivity contribution in [3.63, 3.8) is 0 Å². The first-order chi connectivity index (χ1) is 10.1. The van der Waals surface area contributed by atoms with E-state index in [1.54, 1.807) is 26.0 Å². The summed E-state index contributed by atoms with van der Waals surface area (Å²) < 4.78 is 6.89. The van der Waals surface area contributed by atoms with Crippen molar-refractivity contribution in [1.29, 1.82) is 0 Å². The van der Waals surface area contributed by atoms with Crippen LogP contribution in [0, 0.1) is 0 Å². The molecule has 110 valence electrons. The van der Waals surface area contributed by atoms with E-state index in [0.29, 0.717) is 5.56 Å². The summed E-state index contributed by atoms with van der Waals surface area (Å²) in [6.45, 7) is 3.40. The van der Waals surface area contributed by atoms with E-state index in [-0.39, 0.29) is 18.6 Å². The number of rotatable bonds is 5. The standard InChI is InChI=1S/C16H18N2O3/c1-12(2)21-15(19)11-17-16(20)13-5-7-14(8-6-13)18-9-3-4-10-18/h3-10,12H,11H2,1-2H3,(H,17,20). The van der Waals surface area contributed by atoms with Crippen LogP contribution in [0.5, 0.6) is 0 Å². The number of carbonyl (C=O) groups is 2. The molecule has 0 saturated heterocycles. The van der Waals surface area contributed by atoms with E-state index in [9.17, 15) is 9.59 Å². The second-order valence-electron chi connectivity index (χ2n) is 4.86. The molecule has 1 amide bonds. The number of aromatic nitrogens is 1. The van der Waals surface area contributed by atoms with Gasteiger partial charge in [-0.05, 0) is 50.2 Å². The minimum absolute atomic E-state index is 0.129. The normalized spacial score (nSPS) is 10.4. The molecule has 0 atom stereocenters. The smallest absolute Gasteiger partial charge is 0.325 e. The van der Waals surface area contributed by atoms with Crippen molar-refractivity contribution in [2.24, 2.45) is 0 Å². The highest BCUT2D eigenvalue weighted by Gasteiger charge is 2.10. The third-order valence-corrected chi connectivity index (χ3v) is 2.79. The predicted molar refractivity (Wildman–Crippen MR) is 79.3 cm³/mol. The molecule has 2 rings (SSSR count). The molecular weight excluding hydrogens is 268 g/mol. The lowest BCUT2D eigenvalue weighted by Gasteiger charge is -2.09. The van der Waals surface area contributed by atoms with Gasteiger partial charge in [0, 0.05) is 23.6 Å². The fourth-order valence-electron chi connectivity index (χ4n) is 1.85. The molecule has 0 spiro atoms. The largest absolute Gasteiger partial charge is 0.462 e. The average Bonchev–Trinajstić information content (AvgIpc) is 2.98. The average molecular weight is 286 g/mol. The predicted octanol–water partition coefficient (Wildman–Crippen LogP) is 2.16. The summed E-state index contributed by atoms with van der Waals surface area (Å²) in [5.41, 5.74) is 1.47. The third-order valence-electron chi connectivity index (χ3n) is 2.79. The van der Waals surface area contributed by atoms with Crippen LogP contribution in [0.15, 0.2) is 48.8 Å². The Bertz CT molecular complexity index is 601. The van der Waals surface area contributed by atoms with E-state index in [1.807, 2.05) is 41.2 Å². The first-order valence-electron chi connectivity index (χ1n) is 6.77. The van der Waals surface area contributed by atoms with Gasteiger partial charge < -0.3 is 14.6 Å². The van der Waals surface area contributed by atoms with Gasteiger partial charge in [0.2, 0.25) is 0 Å². The lowest BCUT2D eigenvalue weighted by atomic mass is 10.2. The van der Waals surface area contributed by atoms with E-state index in [2.05, 4.69) is 5.32 Å². The van der Waals surface area contributed by atoms with Crippen LogP contribution in [0.4, 0.5) is 0 Å². The third kappa shape index (κ3) is 4.21. The Kier molecular flexibility index (Phi) is 4.77.